The van der Waals surface area contributed by atoms with E-state index in [0.717, 1.165) is 18.3 Å². The van der Waals surface area contributed by atoms with Gasteiger partial charge in [-0.15, -0.1) is 0 Å². The molecule has 3 nitrogen and oxygen atoms in total. The Hall–Kier alpha value is -0.350. The molecule has 0 aromatic heterocycles. The van der Waals surface area contributed by atoms with Gasteiger partial charge in [-0.3, -0.25) is 0 Å². The van der Waals surface area contributed by atoms with Gasteiger partial charge < -0.3 is 15.4 Å². The highest BCUT2D eigenvalue weighted by atomic mass is 32.1. The first-order valence-corrected chi connectivity index (χ1v) is 7.91. The predicted octanol–water partition coefficient (Wildman–Crippen LogP) is 2.74. The third kappa shape index (κ3) is 5.11. The minimum absolute atomic E-state index is 0.363. The van der Waals surface area contributed by atoms with Gasteiger partial charge in [0.25, 0.3) is 0 Å². The summed E-state index contributed by atoms with van der Waals surface area (Å²) in [5.74, 6) is 0. The first-order chi connectivity index (χ1) is 8.84. The zero-order valence-electron chi connectivity index (χ0n) is 11.2. The van der Waals surface area contributed by atoms with Crippen LogP contribution in [0.2, 0.25) is 0 Å². The molecule has 2 aliphatic rings. The molecule has 0 unspecified atom stereocenters. The maximum Gasteiger partial charge on any atom is 0.166 e. The van der Waals surface area contributed by atoms with Gasteiger partial charge >= 0.3 is 0 Å². The highest BCUT2D eigenvalue weighted by molar-refractivity contribution is 7.80. The number of hydrogen-bond donors (Lipinski definition) is 2. The fourth-order valence-corrected chi connectivity index (χ4v) is 3.10. The van der Waals surface area contributed by atoms with Crippen LogP contribution in [0.3, 0.4) is 0 Å². The van der Waals surface area contributed by atoms with Crippen molar-refractivity contribution in [3.63, 3.8) is 0 Å². The normalized spacial score (nSPS) is 26.3. The highest BCUT2D eigenvalue weighted by Crippen LogP contribution is 2.17. The lowest BCUT2D eigenvalue weighted by molar-refractivity contribution is 0.114. The molecule has 1 aliphatic carbocycles. The molecule has 2 rings (SSSR count). The van der Waals surface area contributed by atoms with E-state index >= 15 is 0 Å². The first-order valence-electron chi connectivity index (χ1n) is 7.50. The van der Waals surface area contributed by atoms with Crippen molar-refractivity contribution in [1.82, 2.24) is 10.6 Å². The molecule has 0 aromatic rings. The molecule has 1 saturated heterocycles. The van der Waals surface area contributed by atoms with E-state index in [9.17, 15) is 0 Å². The van der Waals surface area contributed by atoms with Gasteiger partial charge in [-0.25, -0.2) is 0 Å². The summed E-state index contributed by atoms with van der Waals surface area (Å²) < 4.78 is 5.58. The van der Waals surface area contributed by atoms with Crippen molar-refractivity contribution in [2.24, 2.45) is 0 Å². The van der Waals surface area contributed by atoms with E-state index < -0.39 is 0 Å². The van der Waals surface area contributed by atoms with Crippen molar-refractivity contribution in [3.05, 3.63) is 0 Å². The van der Waals surface area contributed by atoms with Crippen molar-refractivity contribution in [3.8, 4) is 0 Å². The summed E-state index contributed by atoms with van der Waals surface area (Å²) in [4.78, 5) is 0. The van der Waals surface area contributed by atoms with Crippen LogP contribution in [0.4, 0.5) is 0 Å². The van der Waals surface area contributed by atoms with E-state index in [1.54, 1.807) is 0 Å². The molecule has 1 atom stereocenters. The molecule has 1 aliphatic heterocycles. The molecule has 1 heterocycles. The van der Waals surface area contributed by atoms with Gasteiger partial charge in [0.05, 0.1) is 6.10 Å². The van der Waals surface area contributed by atoms with E-state index in [4.69, 9.17) is 17.0 Å². The number of hydrogen-bond acceptors (Lipinski definition) is 2. The monoisotopic (exact) mass is 270 g/mol. The van der Waals surface area contributed by atoms with Gasteiger partial charge in [0.1, 0.15) is 0 Å². The zero-order chi connectivity index (χ0) is 12.6. The molecule has 0 radical (unpaired) electrons. The SMILES string of the molecule is S=C(NC[C@H]1CCCO1)NC1CCCCCCC1. The summed E-state index contributed by atoms with van der Waals surface area (Å²) in [7, 11) is 0. The Kier molecular flexibility index (Phi) is 6.21. The third-order valence-corrected chi connectivity index (χ3v) is 4.22. The summed E-state index contributed by atoms with van der Waals surface area (Å²) in [6.07, 6.45) is 12.1. The number of rotatable bonds is 3. The van der Waals surface area contributed by atoms with Crippen LogP contribution in [0.5, 0.6) is 0 Å². The van der Waals surface area contributed by atoms with Crippen LogP contribution in [-0.4, -0.2) is 30.4 Å². The summed E-state index contributed by atoms with van der Waals surface area (Å²) in [5, 5.41) is 7.59. The minimum atomic E-state index is 0.363. The second kappa shape index (κ2) is 7.95. The van der Waals surface area contributed by atoms with Gasteiger partial charge in [-0.05, 0) is 37.9 Å². The average Bonchev–Trinajstić information content (AvgIpc) is 2.83. The van der Waals surface area contributed by atoms with Crippen LogP contribution in [0.1, 0.15) is 57.8 Å². The maximum absolute atomic E-state index is 5.58. The Labute approximate surface area is 116 Å². The second-order valence-electron chi connectivity index (χ2n) is 5.53. The smallest absolute Gasteiger partial charge is 0.166 e. The lowest BCUT2D eigenvalue weighted by Crippen LogP contribution is -2.44. The Morgan fingerprint density at radius 2 is 1.72 bits per heavy atom. The molecule has 18 heavy (non-hydrogen) atoms. The van der Waals surface area contributed by atoms with Gasteiger partial charge in [0, 0.05) is 19.2 Å². The molecule has 0 bridgehead atoms. The number of nitrogens with one attached hydrogen (secondary N) is 2. The summed E-state index contributed by atoms with van der Waals surface area (Å²) in [6, 6.07) is 0.579. The van der Waals surface area contributed by atoms with Crippen molar-refractivity contribution in [2.75, 3.05) is 13.2 Å². The number of thiocarbonyl (C=S) groups is 1. The molecule has 0 aromatic carbocycles. The fourth-order valence-electron chi connectivity index (χ4n) is 2.85. The van der Waals surface area contributed by atoms with Gasteiger partial charge in [-0.1, -0.05) is 32.1 Å². The molecule has 0 amide bonds. The minimum Gasteiger partial charge on any atom is -0.376 e. The fraction of sp³-hybridized carbons (Fsp3) is 0.929. The maximum atomic E-state index is 5.58. The predicted molar refractivity (Wildman–Crippen MR) is 78.8 cm³/mol. The van der Waals surface area contributed by atoms with Crippen molar-refractivity contribution in [2.45, 2.75) is 69.9 Å². The van der Waals surface area contributed by atoms with Crippen LogP contribution < -0.4 is 10.6 Å². The largest absolute Gasteiger partial charge is 0.376 e. The molecule has 2 N–H and O–H groups in total. The Balaban J connectivity index is 1.62. The summed E-state index contributed by atoms with van der Waals surface area (Å²) in [5.41, 5.74) is 0. The van der Waals surface area contributed by atoms with Crippen LogP contribution in [0.15, 0.2) is 0 Å². The Morgan fingerprint density at radius 3 is 2.39 bits per heavy atom. The van der Waals surface area contributed by atoms with Crippen molar-refractivity contribution in [1.29, 1.82) is 0 Å². The lowest BCUT2D eigenvalue weighted by Gasteiger charge is -2.23. The molecule has 4 heteroatoms. The van der Waals surface area contributed by atoms with Gasteiger partial charge in [0.2, 0.25) is 0 Å². The molecule has 1 saturated carbocycles. The lowest BCUT2D eigenvalue weighted by atomic mass is 9.97. The van der Waals surface area contributed by atoms with E-state index in [2.05, 4.69) is 10.6 Å². The van der Waals surface area contributed by atoms with Crippen LogP contribution in [-0.2, 0) is 4.74 Å². The molecule has 0 spiro atoms. The molecular weight excluding hydrogens is 244 g/mol. The summed E-state index contributed by atoms with van der Waals surface area (Å²) >= 11 is 5.37. The highest BCUT2D eigenvalue weighted by Gasteiger charge is 2.16. The van der Waals surface area contributed by atoms with Crippen LogP contribution in [0.25, 0.3) is 0 Å². The Morgan fingerprint density at radius 1 is 1.00 bits per heavy atom. The molecular formula is C14H26N2OS. The van der Waals surface area contributed by atoms with Gasteiger partial charge in [0.15, 0.2) is 5.11 Å². The van der Waals surface area contributed by atoms with Crippen LogP contribution >= 0.6 is 12.2 Å². The first kappa shape index (κ1) is 14.1. The zero-order valence-corrected chi connectivity index (χ0v) is 12.1. The van der Waals surface area contributed by atoms with E-state index in [1.807, 2.05) is 0 Å². The van der Waals surface area contributed by atoms with Gasteiger partial charge in [-0.2, -0.15) is 0 Å². The van der Waals surface area contributed by atoms with Crippen molar-refractivity contribution < 1.29 is 4.74 Å². The van der Waals surface area contributed by atoms with Crippen molar-refractivity contribution >= 4 is 17.3 Å². The molecule has 2 fully saturated rings. The van der Waals surface area contributed by atoms with E-state index in [1.165, 1.54) is 57.8 Å². The van der Waals surface area contributed by atoms with Crippen LogP contribution in [0, 0.1) is 0 Å². The quantitative estimate of drug-likeness (QED) is 0.773. The summed E-state index contributed by atoms with van der Waals surface area (Å²) in [6.45, 7) is 1.77. The average molecular weight is 270 g/mol. The third-order valence-electron chi connectivity index (χ3n) is 3.95. The topological polar surface area (TPSA) is 33.3 Å². The van der Waals surface area contributed by atoms with E-state index in [0.29, 0.717) is 12.1 Å². The van der Waals surface area contributed by atoms with E-state index in [-0.39, 0.29) is 0 Å². The standard InChI is InChI=1S/C14H26N2OS/c18-14(15-11-13-9-6-10-17-13)16-12-7-4-2-1-3-5-8-12/h12-13H,1-11H2,(H2,15,16,18)/t13-/m1/s1. The number of ether oxygens (including phenoxy) is 1. The Bertz CT molecular complexity index is 246. The second-order valence-corrected chi connectivity index (χ2v) is 5.94. The molecule has 104 valence electrons.